The number of rotatable bonds is 7. The van der Waals surface area contributed by atoms with Crippen LogP contribution in [0.1, 0.15) is 39.2 Å². The highest BCUT2D eigenvalue weighted by Gasteiger charge is 2.31. The first-order valence-electron chi connectivity index (χ1n) is 9.11. The summed E-state index contributed by atoms with van der Waals surface area (Å²) in [5.74, 6) is 1.29. The first-order chi connectivity index (χ1) is 12.7. The van der Waals surface area contributed by atoms with Crippen LogP contribution in [0.5, 0.6) is 0 Å². The molecule has 2 N–H and O–H groups in total. The lowest BCUT2D eigenvalue weighted by Gasteiger charge is -2.11. The second-order valence-corrected chi connectivity index (χ2v) is 7.76. The molecule has 26 heavy (non-hydrogen) atoms. The van der Waals surface area contributed by atoms with Gasteiger partial charge in [0.15, 0.2) is 11.0 Å². The van der Waals surface area contributed by atoms with Crippen LogP contribution in [0.3, 0.4) is 0 Å². The Balaban J connectivity index is 1.59. The number of nitrogens with one attached hydrogen (secondary N) is 2. The van der Waals surface area contributed by atoms with Gasteiger partial charge in [0.2, 0.25) is 5.91 Å². The number of fused-ring (bicyclic) bond motifs is 1. The largest absolute Gasteiger partial charge is 0.360 e. The maximum atomic E-state index is 12.1. The average molecular weight is 369 g/mol. The maximum Gasteiger partial charge on any atom is 0.230 e. The number of carbonyl (C=O) groups excluding carboxylic acids is 1. The molecule has 0 radical (unpaired) electrons. The average Bonchev–Trinajstić information content (AvgIpc) is 3.26. The molecular weight excluding hydrogens is 346 g/mol. The molecule has 1 aliphatic rings. The monoisotopic (exact) mass is 369 g/mol. The van der Waals surface area contributed by atoms with E-state index in [2.05, 4.69) is 44.1 Å². The number of aromatic nitrogens is 4. The minimum atomic E-state index is 0.0448. The van der Waals surface area contributed by atoms with Gasteiger partial charge in [0.25, 0.3) is 0 Å². The van der Waals surface area contributed by atoms with Gasteiger partial charge in [-0.15, -0.1) is 10.2 Å². The SMILES string of the molecule is CC[C@@H](C)NC(=O)CSc1nnc(-c2c[nH]c3ccccc23)n1C1CC1. The fourth-order valence-corrected chi connectivity index (χ4v) is 3.84. The number of para-hydroxylation sites is 1. The van der Waals surface area contributed by atoms with Crippen molar-refractivity contribution in [2.75, 3.05) is 5.75 Å². The van der Waals surface area contributed by atoms with Crippen LogP contribution >= 0.6 is 11.8 Å². The maximum absolute atomic E-state index is 12.1. The Morgan fingerprint density at radius 1 is 1.38 bits per heavy atom. The zero-order valence-electron chi connectivity index (χ0n) is 15.0. The number of thioether (sulfide) groups is 1. The third kappa shape index (κ3) is 3.35. The predicted octanol–water partition coefficient (Wildman–Crippen LogP) is 3.77. The smallest absolute Gasteiger partial charge is 0.230 e. The van der Waals surface area contributed by atoms with E-state index in [0.717, 1.165) is 46.7 Å². The molecule has 1 amide bonds. The highest BCUT2D eigenvalue weighted by molar-refractivity contribution is 7.99. The van der Waals surface area contributed by atoms with E-state index in [1.807, 2.05) is 25.3 Å². The molecule has 0 unspecified atom stereocenters. The van der Waals surface area contributed by atoms with Gasteiger partial charge in [-0.3, -0.25) is 9.36 Å². The first-order valence-corrected chi connectivity index (χ1v) is 10.1. The summed E-state index contributed by atoms with van der Waals surface area (Å²) in [6.45, 7) is 4.08. The van der Waals surface area contributed by atoms with Crippen LogP contribution in [0.2, 0.25) is 0 Å². The molecule has 1 atom stereocenters. The summed E-state index contributed by atoms with van der Waals surface area (Å²) in [7, 11) is 0. The summed E-state index contributed by atoms with van der Waals surface area (Å²) in [6.07, 6.45) is 5.21. The highest BCUT2D eigenvalue weighted by atomic mass is 32.2. The van der Waals surface area contributed by atoms with E-state index in [1.165, 1.54) is 11.8 Å². The van der Waals surface area contributed by atoms with Crippen LogP contribution in [0.25, 0.3) is 22.3 Å². The van der Waals surface area contributed by atoms with Crippen molar-refractivity contribution < 1.29 is 4.79 Å². The second-order valence-electron chi connectivity index (χ2n) is 6.82. The van der Waals surface area contributed by atoms with Crippen molar-refractivity contribution in [2.45, 2.75) is 50.4 Å². The highest BCUT2D eigenvalue weighted by Crippen LogP contribution is 2.42. The summed E-state index contributed by atoms with van der Waals surface area (Å²) >= 11 is 1.47. The van der Waals surface area contributed by atoms with Crippen molar-refractivity contribution in [1.29, 1.82) is 0 Å². The minimum absolute atomic E-state index is 0.0448. The van der Waals surface area contributed by atoms with Gasteiger partial charge < -0.3 is 10.3 Å². The van der Waals surface area contributed by atoms with Crippen LogP contribution in [0, 0.1) is 0 Å². The van der Waals surface area contributed by atoms with Crippen LogP contribution in [0.4, 0.5) is 0 Å². The lowest BCUT2D eigenvalue weighted by Crippen LogP contribution is -2.33. The number of nitrogens with zero attached hydrogens (tertiary/aromatic N) is 3. The van der Waals surface area contributed by atoms with E-state index in [0.29, 0.717) is 11.8 Å². The zero-order valence-corrected chi connectivity index (χ0v) is 15.8. The number of H-pyrrole nitrogens is 1. The van der Waals surface area contributed by atoms with Crippen molar-refractivity contribution in [1.82, 2.24) is 25.1 Å². The van der Waals surface area contributed by atoms with Crippen molar-refractivity contribution >= 4 is 28.6 Å². The van der Waals surface area contributed by atoms with Gasteiger partial charge in [-0.25, -0.2) is 0 Å². The van der Waals surface area contributed by atoms with E-state index in [9.17, 15) is 4.79 Å². The van der Waals surface area contributed by atoms with Gasteiger partial charge >= 0.3 is 0 Å². The Morgan fingerprint density at radius 3 is 2.96 bits per heavy atom. The Morgan fingerprint density at radius 2 is 2.19 bits per heavy atom. The second kappa shape index (κ2) is 7.15. The van der Waals surface area contributed by atoms with Crippen molar-refractivity contribution in [3.05, 3.63) is 30.5 Å². The topological polar surface area (TPSA) is 75.6 Å². The van der Waals surface area contributed by atoms with Gasteiger partial charge in [0, 0.05) is 34.7 Å². The van der Waals surface area contributed by atoms with Crippen LogP contribution in [-0.2, 0) is 4.79 Å². The normalized spacial score (nSPS) is 15.3. The molecule has 0 aliphatic heterocycles. The molecule has 136 valence electrons. The number of carbonyl (C=O) groups is 1. The van der Waals surface area contributed by atoms with Gasteiger partial charge in [-0.05, 0) is 32.3 Å². The Hall–Kier alpha value is -2.28. The lowest BCUT2D eigenvalue weighted by atomic mass is 10.1. The van der Waals surface area contributed by atoms with Crippen LogP contribution in [-0.4, -0.2) is 37.5 Å². The van der Waals surface area contributed by atoms with Crippen molar-refractivity contribution in [2.24, 2.45) is 0 Å². The molecule has 0 spiro atoms. The summed E-state index contributed by atoms with van der Waals surface area (Å²) < 4.78 is 2.21. The molecule has 0 bridgehead atoms. The molecule has 2 heterocycles. The summed E-state index contributed by atoms with van der Waals surface area (Å²) in [6, 6.07) is 8.85. The molecule has 0 saturated heterocycles. The molecule has 6 nitrogen and oxygen atoms in total. The predicted molar refractivity (Wildman–Crippen MR) is 104 cm³/mol. The van der Waals surface area contributed by atoms with Crippen molar-refractivity contribution in [3.8, 4) is 11.4 Å². The quantitative estimate of drug-likeness (QED) is 0.622. The van der Waals surface area contributed by atoms with Crippen LogP contribution in [0.15, 0.2) is 35.6 Å². The summed E-state index contributed by atoms with van der Waals surface area (Å²) in [5.41, 5.74) is 2.16. The van der Waals surface area contributed by atoms with Gasteiger partial charge in [0.1, 0.15) is 0 Å². The number of hydrogen-bond acceptors (Lipinski definition) is 4. The number of aromatic amines is 1. The molecule has 1 fully saturated rings. The first kappa shape index (κ1) is 17.1. The summed E-state index contributed by atoms with van der Waals surface area (Å²) in [5, 5.41) is 13.8. The third-order valence-electron chi connectivity index (χ3n) is 4.76. The molecule has 1 aromatic carbocycles. The Bertz CT molecular complexity index is 927. The van der Waals surface area contributed by atoms with E-state index >= 15 is 0 Å². The van der Waals surface area contributed by atoms with E-state index < -0.39 is 0 Å². The number of benzene rings is 1. The van der Waals surface area contributed by atoms with Gasteiger partial charge in [-0.1, -0.05) is 36.9 Å². The van der Waals surface area contributed by atoms with Crippen LogP contribution < -0.4 is 5.32 Å². The summed E-state index contributed by atoms with van der Waals surface area (Å²) in [4.78, 5) is 15.4. The lowest BCUT2D eigenvalue weighted by molar-refractivity contribution is -0.119. The fourth-order valence-electron chi connectivity index (χ4n) is 3.03. The van der Waals surface area contributed by atoms with E-state index in [-0.39, 0.29) is 11.9 Å². The van der Waals surface area contributed by atoms with E-state index in [1.54, 1.807) is 0 Å². The third-order valence-corrected chi connectivity index (χ3v) is 5.70. The molecular formula is C19H23N5OS. The number of hydrogen-bond donors (Lipinski definition) is 2. The van der Waals surface area contributed by atoms with Gasteiger partial charge in [0.05, 0.1) is 5.75 Å². The molecule has 4 rings (SSSR count). The molecule has 1 saturated carbocycles. The molecule has 1 aliphatic carbocycles. The molecule has 3 aromatic rings. The van der Waals surface area contributed by atoms with Gasteiger partial charge in [-0.2, -0.15) is 0 Å². The Kier molecular flexibility index (Phi) is 4.72. The standard InChI is InChI=1S/C19H23N5OS/c1-3-12(2)21-17(25)11-26-19-23-22-18(24(19)13-8-9-13)15-10-20-16-7-5-4-6-14(15)16/h4-7,10,12-13,20H,3,8-9,11H2,1-2H3,(H,21,25)/t12-/m1/s1. The fraction of sp³-hybridized carbons (Fsp3) is 0.421. The van der Waals surface area contributed by atoms with E-state index in [4.69, 9.17) is 0 Å². The van der Waals surface area contributed by atoms with Crippen molar-refractivity contribution in [3.63, 3.8) is 0 Å². The molecule has 7 heteroatoms. The Labute approximate surface area is 156 Å². The molecule has 2 aromatic heterocycles. The minimum Gasteiger partial charge on any atom is -0.360 e. The number of amides is 1. The zero-order chi connectivity index (χ0) is 18.1.